The summed E-state index contributed by atoms with van der Waals surface area (Å²) in [5.74, 6) is -0.469. The highest BCUT2D eigenvalue weighted by molar-refractivity contribution is 7.47. The van der Waals surface area contributed by atoms with Crippen LogP contribution < -0.4 is 0 Å². The molecule has 3 unspecified atom stereocenters. The van der Waals surface area contributed by atoms with Gasteiger partial charge in [0.2, 0.25) is 0 Å². The van der Waals surface area contributed by atoms with E-state index in [9.17, 15) is 43.2 Å². The minimum Gasteiger partial charge on any atom is -0.462 e. The molecule has 0 aliphatic carbocycles. The molecule has 0 amide bonds. The molecule has 0 saturated heterocycles. The van der Waals surface area contributed by atoms with Crippen LogP contribution in [-0.2, 0) is 65.4 Å². The third kappa shape index (κ3) is 76.1. The molecule has 0 aliphatic heterocycles. The van der Waals surface area contributed by atoms with Crippen molar-refractivity contribution < 1.29 is 80.2 Å². The first-order chi connectivity index (χ1) is 49.9. The van der Waals surface area contributed by atoms with E-state index in [-0.39, 0.29) is 25.7 Å². The monoisotopic (exact) mass is 1500 g/mol. The van der Waals surface area contributed by atoms with Gasteiger partial charge in [-0.2, -0.15) is 0 Å². The highest BCUT2D eigenvalue weighted by Crippen LogP contribution is 2.45. The summed E-state index contributed by atoms with van der Waals surface area (Å²) < 4.78 is 68.7. The van der Waals surface area contributed by atoms with Gasteiger partial charge in [0.25, 0.3) is 0 Å². The summed E-state index contributed by atoms with van der Waals surface area (Å²) in [6.45, 7) is 9.66. The molecule has 17 nitrogen and oxygen atoms in total. The quantitative estimate of drug-likeness (QED) is 0.0169. The molecular formula is C84H160O17P2. The van der Waals surface area contributed by atoms with Gasteiger partial charge in [0.05, 0.1) is 26.4 Å². The number of ether oxygens (including phenoxy) is 4. The number of allylic oxidation sites excluding steroid dienone is 4. The van der Waals surface area contributed by atoms with E-state index in [0.717, 1.165) is 115 Å². The molecule has 0 rings (SSSR count). The van der Waals surface area contributed by atoms with E-state index in [1.165, 1.54) is 225 Å². The summed E-state index contributed by atoms with van der Waals surface area (Å²) in [5, 5.41) is 10.6. The Bertz CT molecular complexity index is 2070. The SMILES string of the molecule is CCCCCC/C=C\C=C/CCCCCCCC(=O)O[C@H](COC(=O)CCCCCCCCCCC)COP(=O)(O)OC[C@H](O)COP(=O)(O)OC[C@@H](COC(=O)CCCCCCCCCCCCCCCCC(C)C)OC(=O)CCCCCCCCCCCCCCCCCCCCC(C)CC. The van der Waals surface area contributed by atoms with Crippen molar-refractivity contribution in [1.29, 1.82) is 0 Å². The number of hydrogen-bond acceptors (Lipinski definition) is 15. The minimum absolute atomic E-state index is 0.0852. The number of rotatable bonds is 81. The van der Waals surface area contributed by atoms with E-state index in [1.807, 2.05) is 0 Å². The molecule has 0 bridgehead atoms. The van der Waals surface area contributed by atoms with Crippen molar-refractivity contribution in [1.82, 2.24) is 0 Å². The fraction of sp³-hybridized carbons (Fsp3) is 0.905. The zero-order valence-corrected chi connectivity index (χ0v) is 68.9. The maximum atomic E-state index is 13.1. The molecule has 0 aromatic carbocycles. The second kappa shape index (κ2) is 75.0. The Morgan fingerprint density at radius 2 is 0.573 bits per heavy atom. The van der Waals surface area contributed by atoms with E-state index >= 15 is 0 Å². The molecule has 0 aromatic heterocycles. The molecule has 0 fully saturated rings. The van der Waals surface area contributed by atoms with Crippen LogP contribution >= 0.6 is 15.6 Å². The van der Waals surface area contributed by atoms with Crippen molar-refractivity contribution in [3.8, 4) is 0 Å². The average molecular weight is 1500 g/mol. The summed E-state index contributed by atoms with van der Waals surface area (Å²) in [5.41, 5.74) is 0. The van der Waals surface area contributed by atoms with Crippen molar-refractivity contribution in [2.45, 2.75) is 439 Å². The minimum atomic E-state index is -4.97. The number of esters is 4. The third-order valence-electron chi connectivity index (χ3n) is 19.4. The van der Waals surface area contributed by atoms with E-state index in [1.54, 1.807) is 0 Å². The molecule has 103 heavy (non-hydrogen) atoms. The number of carbonyl (C=O) groups is 4. The van der Waals surface area contributed by atoms with Crippen LogP contribution in [0.25, 0.3) is 0 Å². The van der Waals surface area contributed by atoms with Gasteiger partial charge in [-0.25, -0.2) is 9.13 Å². The predicted molar refractivity (Wildman–Crippen MR) is 423 cm³/mol. The van der Waals surface area contributed by atoms with Crippen molar-refractivity contribution >= 4 is 39.5 Å². The topological polar surface area (TPSA) is 237 Å². The lowest BCUT2D eigenvalue weighted by atomic mass is 9.99. The van der Waals surface area contributed by atoms with Crippen LogP contribution in [0, 0.1) is 11.8 Å². The molecule has 19 heteroatoms. The second-order valence-electron chi connectivity index (χ2n) is 30.3. The first-order valence-corrected chi connectivity index (χ1v) is 45.8. The van der Waals surface area contributed by atoms with Crippen LogP contribution in [0.4, 0.5) is 0 Å². The Morgan fingerprint density at radius 3 is 0.874 bits per heavy atom. The Labute approximate surface area is 631 Å². The number of phosphoric ester groups is 2. The van der Waals surface area contributed by atoms with E-state index in [2.05, 4.69) is 65.8 Å². The van der Waals surface area contributed by atoms with Gasteiger partial charge in [0, 0.05) is 25.7 Å². The highest BCUT2D eigenvalue weighted by atomic mass is 31.2. The fourth-order valence-corrected chi connectivity index (χ4v) is 14.1. The van der Waals surface area contributed by atoms with Gasteiger partial charge >= 0.3 is 39.5 Å². The Hall–Kier alpha value is -2.46. The van der Waals surface area contributed by atoms with Crippen LogP contribution in [0.1, 0.15) is 420 Å². The van der Waals surface area contributed by atoms with Gasteiger partial charge in [0.15, 0.2) is 12.2 Å². The van der Waals surface area contributed by atoms with Crippen LogP contribution in [0.5, 0.6) is 0 Å². The first-order valence-electron chi connectivity index (χ1n) is 42.8. The number of carbonyl (C=O) groups excluding carboxylic acids is 4. The fourth-order valence-electron chi connectivity index (χ4n) is 12.5. The van der Waals surface area contributed by atoms with Crippen molar-refractivity contribution in [3.05, 3.63) is 24.3 Å². The number of hydrogen-bond donors (Lipinski definition) is 3. The van der Waals surface area contributed by atoms with Crippen molar-refractivity contribution in [2.24, 2.45) is 11.8 Å². The maximum absolute atomic E-state index is 13.1. The number of aliphatic hydroxyl groups is 1. The Morgan fingerprint density at radius 1 is 0.320 bits per heavy atom. The van der Waals surface area contributed by atoms with E-state index in [4.69, 9.17) is 37.0 Å². The number of unbranched alkanes of at least 4 members (excludes halogenated alkanes) is 47. The largest absolute Gasteiger partial charge is 0.472 e. The van der Waals surface area contributed by atoms with Crippen LogP contribution in [0.15, 0.2) is 24.3 Å². The zero-order valence-electron chi connectivity index (χ0n) is 67.1. The predicted octanol–water partition coefficient (Wildman–Crippen LogP) is 25.0. The molecule has 0 heterocycles. The van der Waals surface area contributed by atoms with Gasteiger partial charge in [-0.05, 0) is 63.2 Å². The normalized spacial score (nSPS) is 14.3. The second-order valence-corrected chi connectivity index (χ2v) is 33.2. The standard InChI is InChI=1S/C84H160O17P2/c1-7-10-12-14-16-18-19-20-25-33-38-44-50-56-62-68-83(88)100-79(72-94-81(86)66-60-54-48-40-17-15-13-11-8-2)74-98-102(90,91)96-70-78(85)71-97-103(92,93)99-75-80(73-95-82(87)67-61-55-49-43-37-32-29-28-30-35-41-46-52-58-64-76(4)5)101-84(89)69-63-57-51-45-39-34-27-24-22-21-23-26-31-36-42-47-53-59-65-77(6)9-3/h18-20,25,76-80,85H,7-17,21-24,26-75H2,1-6H3,(H,90,91)(H,92,93)/b19-18-,25-20-/t77?,78-,79+,80+/m0/s1. The summed E-state index contributed by atoms with van der Waals surface area (Å²) in [6.07, 6.45) is 68.8. The summed E-state index contributed by atoms with van der Waals surface area (Å²) >= 11 is 0. The maximum Gasteiger partial charge on any atom is 0.472 e. The molecule has 0 radical (unpaired) electrons. The summed E-state index contributed by atoms with van der Waals surface area (Å²) in [6, 6.07) is 0. The molecule has 0 aliphatic rings. The van der Waals surface area contributed by atoms with Gasteiger partial charge < -0.3 is 33.8 Å². The van der Waals surface area contributed by atoms with E-state index < -0.39 is 97.5 Å². The summed E-state index contributed by atoms with van der Waals surface area (Å²) in [4.78, 5) is 73.0. The number of aliphatic hydroxyl groups excluding tert-OH is 1. The molecular weight excluding hydrogens is 1340 g/mol. The van der Waals surface area contributed by atoms with Crippen LogP contribution in [0.3, 0.4) is 0 Å². The summed E-state index contributed by atoms with van der Waals surface area (Å²) in [7, 11) is -9.93. The van der Waals surface area contributed by atoms with Gasteiger partial charge in [-0.15, -0.1) is 0 Å². The molecule has 6 atom stereocenters. The first kappa shape index (κ1) is 101. The molecule has 608 valence electrons. The van der Waals surface area contributed by atoms with Crippen molar-refractivity contribution in [3.63, 3.8) is 0 Å². The lowest BCUT2D eigenvalue weighted by molar-refractivity contribution is -0.161. The van der Waals surface area contributed by atoms with Gasteiger partial charge in [0.1, 0.15) is 19.3 Å². The lowest BCUT2D eigenvalue weighted by Gasteiger charge is -2.21. The molecule has 3 N–H and O–H groups in total. The molecule has 0 aromatic rings. The zero-order chi connectivity index (χ0) is 75.6. The van der Waals surface area contributed by atoms with Crippen LogP contribution in [0.2, 0.25) is 0 Å². The Kier molecular flexibility index (Phi) is 73.2. The smallest absolute Gasteiger partial charge is 0.462 e. The van der Waals surface area contributed by atoms with Crippen molar-refractivity contribution in [2.75, 3.05) is 39.6 Å². The highest BCUT2D eigenvalue weighted by Gasteiger charge is 2.30. The van der Waals surface area contributed by atoms with Gasteiger partial charge in [-0.3, -0.25) is 37.3 Å². The van der Waals surface area contributed by atoms with E-state index in [0.29, 0.717) is 25.7 Å². The molecule has 0 spiro atoms. The molecule has 0 saturated carbocycles. The van der Waals surface area contributed by atoms with Crippen LogP contribution in [-0.4, -0.2) is 96.7 Å². The Balaban J connectivity index is 5.23. The lowest BCUT2D eigenvalue weighted by Crippen LogP contribution is -2.30. The van der Waals surface area contributed by atoms with Gasteiger partial charge in [-0.1, -0.05) is 368 Å². The average Bonchev–Trinajstić information content (AvgIpc) is 0.907. The third-order valence-corrected chi connectivity index (χ3v) is 21.3. The number of phosphoric acid groups is 2.